The van der Waals surface area contributed by atoms with Crippen LogP contribution in [0.5, 0.6) is 0 Å². The summed E-state index contributed by atoms with van der Waals surface area (Å²) < 4.78 is 1.93. The second-order valence-corrected chi connectivity index (χ2v) is 5.59. The molecule has 1 aromatic carbocycles. The summed E-state index contributed by atoms with van der Waals surface area (Å²) in [7, 11) is 1.99. The third-order valence-electron chi connectivity index (χ3n) is 4.06. The highest BCUT2D eigenvalue weighted by Gasteiger charge is 2.15. The number of piperidine rings is 1. The van der Waals surface area contributed by atoms with E-state index in [2.05, 4.69) is 22.5 Å². The van der Waals surface area contributed by atoms with Crippen LogP contribution in [0.4, 0.5) is 0 Å². The molecular weight excluding hydrogens is 248 g/mol. The van der Waals surface area contributed by atoms with Crippen molar-refractivity contribution in [3.8, 4) is 11.4 Å². The van der Waals surface area contributed by atoms with Crippen molar-refractivity contribution in [3.05, 3.63) is 36.2 Å². The molecule has 106 valence electrons. The van der Waals surface area contributed by atoms with E-state index in [4.69, 9.17) is 4.98 Å². The number of nitrogens with zero attached hydrogens (tertiary/aromatic N) is 3. The van der Waals surface area contributed by atoms with Crippen molar-refractivity contribution in [2.24, 2.45) is 13.0 Å². The molecule has 0 bridgehead atoms. The molecule has 0 saturated carbocycles. The first-order valence-electron chi connectivity index (χ1n) is 7.49. The van der Waals surface area contributed by atoms with Gasteiger partial charge in [0.05, 0.1) is 0 Å². The first kappa shape index (κ1) is 13.3. The minimum absolute atomic E-state index is 0.792. The quantitative estimate of drug-likeness (QED) is 0.927. The van der Waals surface area contributed by atoms with Crippen LogP contribution in [0, 0.1) is 5.92 Å². The van der Waals surface area contributed by atoms with Crippen molar-refractivity contribution in [1.29, 1.82) is 0 Å². The van der Waals surface area contributed by atoms with Gasteiger partial charge in [-0.15, -0.1) is 0 Å². The molecule has 4 heteroatoms. The van der Waals surface area contributed by atoms with Gasteiger partial charge in [0, 0.05) is 19.0 Å². The molecule has 4 nitrogen and oxygen atoms in total. The van der Waals surface area contributed by atoms with Crippen LogP contribution in [0.25, 0.3) is 11.4 Å². The van der Waals surface area contributed by atoms with Gasteiger partial charge in [-0.05, 0) is 38.3 Å². The Morgan fingerprint density at radius 3 is 2.90 bits per heavy atom. The largest absolute Gasteiger partial charge is 0.316 e. The van der Waals surface area contributed by atoms with Gasteiger partial charge in [0.1, 0.15) is 5.82 Å². The molecule has 0 spiro atoms. The highest BCUT2D eigenvalue weighted by molar-refractivity contribution is 5.53. The van der Waals surface area contributed by atoms with Gasteiger partial charge >= 0.3 is 0 Å². The fraction of sp³-hybridized carbons (Fsp3) is 0.500. The molecule has 1 saturated heterocycles. The van der Waals surface area contributed by atoms with E-state index in [1.54, 1.807) is 0 Å². The van der Waals surface area contributed by atoms with Gasteiger partial charge in [0.25, 0.3) is 0 Å². The lowest BCUT2D eigenvalue weighted by Crippen LogP contribution is -2.30. The Balaban J connectivity index is 1.66. The number of rotatable bonds is 4. The third-order valence-corrected chi connectivity index (χ3v) is 4.06. The average molecular weight is 270 g/mol. The number of nitrogens with one attached hydrogen (secondary N) is 1. The Labute approximate surface area is 120 Å². The number of hydrogen-bond donors (Lipinski definition) is 1. The van der Waals surface area contributed by atoms with Gasteiger partial charge in [-0.3, -0.25) is 4.68 Å². The summed E-state index contributed by atoms with van der Waals surface area (Å²) in [6.45, 7) is 2.34. The van der Waals surface area contributed by atoms with E-state index in [-0.39, 0.29) is 0 Å². The fourth-order valence-electron chi connectivity index (χ4n) is 2.85. The molecule has 2 heterocycles. The molecule has 1 N–H and O–H groups in total. The van der Waals surface area contributed by atoms with Crippen molar-refractivity contribution >= 4 is 0 Å². The Hall–Kier alpha value is -1.68. The van der Waals surface area contributed by atoms with E-state index in [1.807, 2.05) is 29.9 Å². The zero-order valence-electron chi connectivity index (χ0n) is 12.0. The Kier molecular flexibility index (Phi) is 4.11. The summed E-state index contributed by atoms with van der Waals surface area (Å²) in [6.07, 6.45) is 4.87. The van der Waals surface area contributed by atoms with Crippen molar-refractivity contribution in [2.75, 3.05) is 13.1 Å². The fourth-order valence-corrected chi connectivity index (χ4v) is 2.85. The van der Waals surface area contributed by atoms with Crippen LogP contribution >= 0.6 is 0 Å². The number of aromatic nitrogens is 3. The lowest BCUT2D eigenvalue weighted by Gasteiger charge is -2.22. The molecular formula is C16H22N4. The molecule has 1 aliphatic heterocycles. The summed E-state index contributed by atoms with van der Waals surface area (Å²) in [5.74, 6) is 2.72. The van der Waals surface area contributed by atoms with Crippen molar-refractivity contribution in [2.45, 2.75) is 25.7 Å². The Bertz CT molecular complexity index is 541. The van der Waals surface area contributed by atoms with E-state index in [0.29, 0.717) is 0 Å². The van der Waals surface area contributed by atoms with Gasteiger partial charge in [-0.1, -0.05) is 30.3 Å². The first-order chi connectivity index (χ1) is 9.83. The molecule has 1 aliphatic rings. The molecule has 20 heavy (non-hydrogen) atoms. The highest BCUT2D eigenvalue weighted by Crippen LogP contribution is 2.19. The van der Waals surface area contributed by atoms with Crippen LogP contribution in [0.2, 0.25) is 0 Å². The molecule has 0 aliphatic carbocycles. The van der Waals surface area contributed by atoms with Gasteiger partial charge in [0.15, 0.2) is 5.82 Å². The van der Waals surface area contributed by atoms with E-state index in [1.165, 1.54) is 25.8 Å². The Morgan fingerprint density at radius 2 is 2.15 bits per heavy atom. The predicted molar refractivity (Wildman–Crippen MR) is 80.4 cm³/mol. The highest BCUT2D eigenvalue weighted by atomic mass is 15.3. The summed E-state index contributed by atoms with van der Waals surface area (Å²) in [5, 5.41) is 8.01. The standard InChI is InChI=1S/C16H22N4/c1-20-15(10-9-13-6-5-11-17-12-13)18-16(19-20)14-7-3-2-4-8-14/h2-4,7-8,13,17H,5-6,9-12H2,1H3. The second-order valence-electron chi connectivity index (χ2n) is 5.59. The predicted octanol–water partition coefficient (Wildman–Crippen LogP) is 2.41. The number of aryl methyl sites for hydroxylation is 2. The van der Waals surface area contributed by atoms with Crippen LogP contribution in [0.3, 0.4) is 0 Å². The Morgan fingerprint density at radius 1 is 1.30 bits per heavy atom. The SMILES string of the molecule is Cn1nc(-c2ccccc2)nc1CCC1CCCNC1. The van der Waals surface area contributed by atoms with Crippen molar-refractivity contribution in [1.82, 2.24) is 20.1 Å². The summed E-state index contributed by atoms with van der Waals surface area (Å²) in [6, 6.07) is 10.2. The topological polar surface area (TPSA) is 42.7 Å². The van der Waals surface area contributed by atoms with E-state index >= 15 is 0 Å². The monoisotopic (exact) mass is 270 g/mol. The van der Waals surface area contributed by atoms with Crippen LogP contribution in [-0.4, -0.2) is 27.9 Å². The van der Waals surface area contributed by atoms with Crippen LogP contribution in [0.15, 0.2) is 30.3 Å². The maximum atomic E-state index is 4.70. The van der Waals surface area contributed by atoms with Gasteiger partial charge in [-0.25, -0.2) is 4.98 Å². The molecule has 1 fully saturated rings. The van der Waals surface area contributed by atoms with Crippen molar-refractivity contribution in [3.63, 3.8) is 0 Å². The second kappa shape index (κ2) is 6.18. The lowest BCUT2D eigenvalue weighted by atomic mass is 9.94. The summed E-state index contributed by atoms with van der Waals surface area (Å²) >= 11 is 0. The lowest BCUT2D eigenvalue weighted by molar-refractivity contribution is 0.354. The van der Waals surface area contributed by atoms with E-state index < -0.39 is 0 Å². The van der Waals surface area contributed by atoms with Gasteiger partial charge < -0.3 is 5.32 Å². The van der Waals surface area contributed by atoms with Crippen LogP contribution < -0.4 is 5.32 Å². The van der Waals surface area contributed by atoms with Crippen LogP contribution in [-0.2, 0) is 13.5 Å². The zero-order chi connectivity index (χ0) is 13.8. The number of hydrogen-bond acceptors (Lipinski definition) is 3. The van der Waals surface area contributed by atoms with Crippen molar-refractivity contribution < 1.29 is 0 Å². The van der Waals surface area contributed by atoms with E-state index in [9.17, 15) is 0 Å². The maximum absolute atomic E-state index is 4.70. The molecule has 0 radical (unpaired) electrons. The van der Waals surface area contributed by atoms with E-state index in [0.717, 1.165) is 36.1 Å². The maximum Gasteiger partial charge on any atom is 0.181 e. The summed E-state index contributed by atoms with van der Waals surface area (Å²) in [4.78, 5) is 4.70. The molecule has 1 unspecified atom stereocenters. The number of benzene rings is 1. The molecule has 1 atom stereocenters. The van der Waals surface area contributed by atoms with Gasteiger partial charge in [0.2, 0.25) is 0 Å². The minimum atomic E-state index is 0.792. The first-order valence-corrected chi connectivity index (χ1v) is 7.49. The molecule has 2 aromatic rings. The summed E-state index contributed by atoms with van der Waals surface area (Å²) in [5.41, 5.74) is 1.09. The van der Waals surface area contributed by atoms with Gasteiger partial charge in [-0.2, -0.15) is 5.10 Å². The molecule has 0 amide bonds. The van der Waals surface area contributed by atoms with Crippen LogP contribution in [0.1, 0.15) is 25.1 Å². The minimum Gasteiger partial charge on any atom is -0.316 e. The smallest absolute Gasteiger partial charge is 0.181 e. The normalized spacial score (nSPS) is 19.1. The zero-order valence-corrected chi connectivity index (χ0v) is 12.0. The molecule has 1 aromatic heterocycles. The third kappa shape index (κ3) is 3.07. The average Bonchev–Trinajstić information content (AvgIpc) is 2.88. The molecule has 3 rings (SSSR count).